The van der Waals surface area contributed by atoms with Crippen molar-refractivity contribution in [1.82, 2.24) is 4.90 Å². The molecule has 1 N–H and O–H groups in total. The summed E-state index contributed by atoms with van der Waals surface area (Å²) in [5.74, 6) is 1.51. The van der Waals surface area contributed by atoms with Crippen LogP contribution in [0.4, 0.5) is 5.69 Å². The van der Waals surface area contributed by atoms with Crippen molar-refractivity contribution in [3.8, 4) is 11.5 Å². The van der Waals surface area contributed by atoms with Crippen LogP contribution < -0.4 is 10.1 Å². The predicted molar refractivity (Wildman–Crippen MR) is 122 cm³/mol. The minimum Gasteiger partial charge on any atom is -0.457 e. The molecular weight excluding hydrogens is 396 g/mol. The molecule has 0 fully saturated rings. The summed E-state index contributed by atoms with van der Waals surface area (Å²) in [6, 6.07) is 22.3. The molecule has 0 aliphatic rings. The summed E-state index contributed by atoms with van der Waals surface area (Å²) in [4.78, 5) is 26.9. The first kappa shape index (κ1) is 21.5. The molecule has 30 heavy (non-hydrogen) atoms. The van der Waals surface area contributed by atoms with Crippen LogP contribution in [0.1, 0.15) is 15.9 Å². The Kier molecular flexibility index (Phi) is 7.14. The molecule has 0 unspecified atom stereocenters. The molecule has 0 atom stereocenters. The maximum Gasteiger partial charge on any atom is 0.256 e. The number of hydrogen-bond acceptors (Lipinski definition) is 4. The lowest BCUT2D eigenvalue weighted by Crippen LogP contribution is -2.23. The highest BCUT2D eigenvalue weighted by Gasteiger charge is 2.14. The molecule has 0 heterocycles. The van der Waals surface area contributed by atoms with Crippen LogP contribution in [0.25, 0.3) is 0 Å². The molecule has 3 rings (SSSR count). The fourth-order valence-electron chi connectivity index (χ4n) is 2.60. The zero-order valence-electron chi connectivity index (χ0n) is 17.2. The van der Waals surface area contributed by atoms with E-state index >= 15 is 0 Å². The summed E-state index contributed by atoms with van der Waals surface area (Å²) in [5.41, 5.74) is 2.37. The second kappa shape index (κ2) is 9.98. The molecule has 3 aromatic rings. The molecule has 0 aromatic heterocycles. The molecule has 0 aliphatic heterocycles. The number of rotatable bonds is 7. The molecule has 0 aliphatic carbocycles. The van der Waals surface area contributed by atoms with Gasteiger partial charge in [-0.05, 0) is 55.5 Å². The van der Waals surface area contributed by atoms with E-state index in [4.69, 9.17) is 4.74 Å². The Hall–Kier alpha value is -3.25. The first-order chi connectivity index (χ1) is 14.4. The SMILES string of the molecule is Cc1ccc(Oc2ccc(NC(=O)c3ccccc3SCC(=O)N(C)C)cc2)cc1. The number of ether oxygens (including phenoxy) is 1. The van der Waals surface area contributed by atoms with Crippen molar-refractivity contribution in [2.45, 2.75) is 11.8 Å². The predicted octanol–water partition coefficient (Wildman–Crippen LogP) is 5.22. The van der Waals surface area contributed by atoms with Gasteiger partial charge < -0.3 is 15.0 Å². The largest absolute Gasteiger partial charge is 0.457 e. The fourth-order valence-corrected chi connectivity index (χ4v) is 3.62. The molecule has 0 spiro atoms. The number of nitrogens with one attached hydrogen (secondary N) is 1. The van der Waals surface area contributed by atoms with E-state index in [1.165, 1.54) is 22.2 Å². The fraction of sp³-hybridized carbons (Fsp3) is 0.167. The van der Waals surface area contributed by atoms with Gasteiger partial charge in [0.15, 0.2) is 0 Å². The topological polar surface area (TPSA) is 58.6 Å². The highest BCUT2D eigenvalue weighted by Crippen LogP contribution is 2.26. The Morgan fingerprint density at radius 3 is 2.13 bits per heavy atom. The van der Waals surface area contributed by atoms with Crippen molar-refractivity contribution in [2.24, 2.45) is 0 Å². The average Bonchev–Trinajstić information content (AvgIpc) is 2.75. The Balaban J connectivity index is 1.64. The Bertz CT molecular complexity index is 1020. The van der Waals surface area contributed by atoms with Crippen molar-refractivity contribution in [2.75, 3.05) is 25.2 Å². The monoisotopic (exact) mass is 420 g/mol. The number of benzene rings is 3. The van der Waals surface area contributed by atoms with E-state index in [0.29, 0.717) is 17.0 Å². The summed E-state index contributed by atoms with van der Waals surface area (Å²) in [6.45, 7) is 2.03. The van der Waals surface area contributed by atoms with Crippen LogP contribution in [-0.4, -0.2) is 36.6 Å². The van der Waals surface area contributed by atoms with Gasteiger partial charge >= 0.3 is 0 Å². The number of hydrogen-bond donors (Lipinski definition) is 1. The average molecular weight is 421 g/mol. The van der Waals surface area contributed by atoms with Crippen molar-refractivity contribution >= 4 is 29.3 Å². The van der Waals surface area contributed by atoms with Crippen LogP contribution in [0.5, 0.6) is 11.5 Å². The van der Waals surface area contributed by atoms with E-state index in [2.05, 4.69) is 5.32 Å². The van der Waals surface area contributed by atoms with Crippen LogP contribution >= 0.6 is 11.8 Å². The zero-order chi connectivity index (χ0) is 21.5. The van der Waals surface area contributed by atoms with Gasteiger partial charge in [0.1, 0.15) is 11.5 Å². The van der Waals surface area contributed by atoms with Gasteiger partial charge in [0.2, 0.25) is 5.91 Å². The Morgan fingerprint density at radius 2 is 1.50 bits per heavy atom. The third-order valence-corrected chi connectivity index (χ3v) is 5.41. The summed E-state index contributed by atoms with van der Waals surface area (Å²) in [5, 5.41) is 2.90. The van der Waals surface area contributed by atoms with E-state index in [1.807, 2.05) is 61.5 Å². The number of anilines is 1. The molecule has 2 amide bonds. The molecular formula is C24H24N2O3S. The van der Waals surface area contributed by atoms with Crippen LogP contribution in [0.2, 0.25) is 0 Å². The second-order valence-electron chi connectivity index (χ2n) is 6.97. The van der Waals surface area contributed by atoms with Crippen LogP contribution in [0, 0.1) is 6.92 Å². The maximum absolute atomic E-state index is 12.8. The van der Waals surface area contributed by atoms with Crippen LogP contribution in [0.15, 0.2) is 77.7 Å². The van der Waals surface area contributed by atoms with Crippen molar-refractivity contribution in [1.29, 1.82) is 0 Å². The number of aryl methyl sites for hydroxylation is 1. The summed E-state index contributed by atoms with van der Waals surface area (Å²) in [7, 11) is 3.43. The van der Waals surface area contributed by atoms with E-state index < -0.39 is 0 Å². The Morgan fingerprint density at radius 1 is 0.900 bits per heavy atom. The minimum atomic E-state index is -0.220. The van der Waals surface area contributed by atoms with Crippen molar-refractivity contribution < 1.29 is 14.3 Å². The van der Waals surface area contributed by atoms with Gasteiger partial charge in [0.05, 0.1) is 11.3 Å². The lowest BCUT2D eigenvalue weighted by Gasteiger charge is -2.12. The molecule has 0 saturated carbocycles. The third kappa shape index (κ3) is 5.87. The quantitative estimate of drug-likeness (QED) is 0.533. The van der Waals surface area contributed by atoms with E-state index in [1.54, 1.807) is 32.3 Å². The highest BCUT2D eigenvalue weighted by molar-refractivity contribution is 8.00. The van der Waals surface area contributed by atoms with Gasteiger partial charge in [0.25, 0.3) is 5.91 Å². The first-order valence-electron chi connectivity index (χ1n) is 9.50. The Labute approximate surface area is 181 Å². The van der Waals surface area contributed by atoms with Crippen LogP contribution in [-0.2, 0) is 4.79 Å². The summed E-state index contributed by atoms with van der Waals surface area (Å²) in [6.07, 6.45) is 0. The van der Waals surface area contributed by atoms with E-state index in [0.717, 1.165) is 10.6 Å². The second-order valence-corrected chi connectivity index (χ2v) is 7.98. The van der Waals surface area contributed by atoms with E-state index in [9.17, 15) is 9.59 Å². The summed E-state index contributed by atoms with van der Waals surface area (Å²) < 4.78 is 5.82. The molecule has 154 valence electrons. The molecule has 5 nitrogen and oxygen atoms in total. The summed E-state index contributed by atoms with van der Waals surface area (Å²) >= 11 is 1.35. The van der Waals surface area contributed by atoms with Gasteiger partial charge in [-0.3, -0.25) is 9.59 Å². The van der Waals surface area contributed by atoms with Gasteiger partial charge in [-0.15, -0.1) is 11.8 Å². The number of carbonyl (C=O) groups excluding carboxylic acids is 2. The number of nitrogens with zero attached hydrogens (tertiary/aromatic N) is 1. The lowest BCUT2D eigenvalue weighted by atomic mass is 10.2. The number of amides is 2. The van der Waals surface area contributed by atoms with Gasteiger partial charge in [-0.25, -0.2) is 0 Å². The van der Waals surface area contributed by atoms with Gasteiger partial charge in [-0.1, -0.05) is 29.8 Å². The molecule has 0 bridgehead atoms. The molecule has 0 saturated heterocycles. The van der Waals surface area contributed by atoms with Crippen molar-refractivity contribution in [3.05, 3.63) is 83.9 Å². The maximum atomic E-state index is 12.8. The highest BCUT2D eigenvalue weighted by atomic mass is 32.2. The third-order valence-electron chi connectivity index (χ3n) is 4.35. The normalized spacial score (nSPS) is 10.4. The van der Waals surface area contributed by atoms with E-state index in [-0.39, 0.29) is 17.6 Å². The van der Waals surface area contributed by atoms with Crippen molar-refractivity contribution in [3.63, 3.8) is 0 Å². The molecule has 3 aromatic carbocycles. The van der Waals surface area contributed by atoms with Crippen LogP contribution in [0.3, 0.4) is 0 Å². The first-order valence-corrected chi connectivity index (χ1v) is 10.5. The molecule has 6 heteroatoms. The van der Waals surface area contributed by atoms with Gasteiger partial charge in [-0.2, -0.15) is 0 Å². The smallest absolute Gasteiger partial charge is 0.256 e. The number of carbonyl (C=O) groups is 2. The zero-order valence-corrected chi connectivity index (χ0v) is 18.0. The van der Waals surface area contributed by atoms with Gasteiger partial charge in [0, 0.05) is 24.7 Å². The minimum absolute atomic E-state index is 0.000577. The number of thioether (sulfide) groups is 1. The lowest BCUT2D eigenvalue weighted by molar-refractivity contribution is -0.125. The molecule has 0 radical (unpaired) electrons. The standard InChI is InChI=1S/C24H24N2O3S/c1-17-8-12-19(13-9-17)29-20-14-10-18(11-15-20)25-24(28)21-6-4-5-7-22(21)30-16-23(27)26(2)3/h4-15H,16H2,1-3H3,(H,25,28).